The van der Waals surface area contributed by atoms with Crippen LogP contribution in [0.15, 0.2) is 16.6 Å². The topological polar surface area (TPSA) is 59.1 Å². The highest BCUT2D eigenvalue weighted by Crippen LogP contribution is 2.21. The number of anilines is 1. The Kier molecular flexibility index (Phi) is 3.64. The zero-order valence-corrected chi connectivity index (χ0v) is 12.1. The number of nitrogens with zero attached hydrogens (tertiary/aromatic N) is 1. The lowest BCUT2D eigenvalue weighted by atomic mass is 10.3. The zero-order chi connectivity index (χ0) is 12.6. The average Bonchev–Trinajstić information content (AvgIpc) is 2.09. The van der Waals surface area contributed by atoms with Crippen LogP contribution < -0.4 is 4.72 Å². The lowest BCUT2D eigenvalue weighted by molar-refractivity contribution is 0.566. The molecule has 0 radical (unpaired) electrons. The second kappa shape index (κ2) is 4.33. The van der Waals surface area contributed by atoms with Crippen LogP contribution in [0.2, 0.25) is 0 Å². The first-order valence-electron chi connectivity index (χ1n) is 4.79. The number of nitrogens with one attached hydrogen (secondary N) is 1. The molecule has 0 saturated heterocycles. The van der Waals surface area contributed by atoms with Gasteiger partial charge in [-0.05, 0) is 55.8 Å². The Morgan fingerprint density at radius 3 is 2.31 bits per heavy atom. The minimum absolute atomic E-state index is 0.343. The highest BCUT2D eigenvalue weighted by Gasteiger charge is 2.29. The number of aryl methyl sites for hydroxylation is 1. The highest BCUT2D eigenvalue weighted by atomic mass is 79.9. The van der Waals surface area contributed by atoms with E-state index < -0.39 is 14.8 Å². The first kappa shape index (κ1) is 13.4. The molecule has 0 spiro atoms. The Hall–Kier alpha value is -0.620. The second-order valence-corrected chi connectivity index (χ2v) is 7.77. The van der Waals surface area contributed by atoms with E-state index in [1.807, 2.05) is 0 Å². The lowest BCUT2D eigenvalue weighted by Crippen LogP contribution is -2.34. The normalized spacial score (nSPS) is 12.6. The molecule has 0 aliphatic heterocycles. The number of aromatic nitrogens is 1. The number of halogens is 1. The van der Waals surface area contributed by atoms with Gasteiger partial charge in [0, 0.05) is 4.47 Å². The summed E-state index contributed by atoms with van der Waals surface area (Å²) < 4.78 is 26.2. The van der Waals surface area contributed by atoms with E-state index >= 15 is 0 Å². The van der Waals surface area contributed by atoms with Gasteiger partial charge in [-0.25, -0.2) is 13.4 Å². The molecule has 0 saturated carbocycles. The molecule has 0 amide bonds. The molecule has 1 N–H and O–H groups in total. The number of pyridine rings is 1. The third-order valence-electron chi connectivity index (χ3n) is 2.07. The van der Waals surface area contributed by atoms with Gasteiger partial charge in [0.1, 0.15) is 5.82 Å². The summed E-state index contributed by atoms with van der Waals surface area (Å²) in [5.41, 5.74) is 0.745. The van der Waals surface area contributed by atoms with Crippen LogP contribution >= 0.6 is 15.9 Å². The summed E-state index contributed by atoms with van der Waals surface area (Å²) in [6, 6.07) is 3.39. The van der Waals surface area contributed by atoms with E-state index in [4.69, 9.17) is 0 Å². The van der Waals surface area contributed by atoms with Crippen molar-refractivity contribution in [3.05, 3.63) is 22.3 Å². The van der Waals surface area contributed by atoms with Crippen molar-refractivity contribution in [1.82, 2.24) is 4.98 Å². The third kappa shape index (κ3) is 2.95. The van der Waals surface area contributed by atoms with Crippen LogP contribution in [-0.4, -0.2) is 18.1 Å². The summed E-state index contributed by atoms with van der Waals surface area (Å²) in [5, 5.41) is 0. The summed E-state index contributed by atoms with van der Waals surface area (Å²) in [6.07, 6.45) is 0. The van der Waals surface area contributed by atoms with Crippen LogP contribution in [0, 0.1) is 6.92 Å². The molecule has 1 rings (SSSR count). The van der Waals surface area contributed by atoms with Crippen molar-refractivity contribution < 1.29 is 8.42 Å². The molecule has 1 heterocycles. The van der Waals surface area contributed by atoms with Crippen molar-refractivity contribution in [1.29, 1.82) is 0 Å². The maximum Gasteiger partial charge on any atom is 0.238 e. The van der Waals surface area contributed by atoms with E-state index in [1.54, 1.807) is 39.8 Å². The van der Waals surface area contributed by atoms with Crippen LogP contribution in [0.1, 0.15) is 26.5 Å². The third-order valence-corrected chi connectivity index (χ3v) is 4.99. The first-order chi connectivity index (χ1) is 7.13. The van der Waals surface area contributed by atoms with Gasteiger partial charge in [-0.2, -0.15) is 0 Å². The zero-order valence-electron chi connectivity index (χ0n) is 9.70. The molecular weight excluding hydrogens is 292 g/mol. The molecule has 0 aliphatic carbocycles. The SMILES string of the molecule is Cc1nc(NS(=O)(=O)C(C)(C)C)ccc1Br. The Labute approximate surface area is 105 Å². The molecule has 0 fully saturated rings. The Morgan fingerprint density at radius 1 is 1.31 bits per heavy atom. The molecule has 1 aromatic rings. The second-order valence-electron chi connectivity index (χ2n) is 4.48. The summed E-state index contributed by atoms with van der Waals surface area (Å²) in [6.45, 7) is 6.72. The minimum Gasteiger partial charge on any atom is -0.267 e. The highest BCUT2D eigenvalue weighted by molar-refractivity contribution is 9.10. The molecular formula is C10H15BrN2O2S. The van der Waals surface area contributed by atoms with Gasteiger partial charge in [-0.3, -0.25) is 4.72 Å². The van der Waals surface area contributed by atoms with Crippen molar-refractivity contribution in [3.63, 3.8) is 0 Å². The van der Waals surface area contributed by atoms with Crippen LogP contribution in [0.3, 0.4) is 0 Å². The maximum absolute atomic E-state index is 11.9. The number of hydrogen-bond acceptors (Lipinski definition) is 3. The van der Waals surface area contributed by atoms with E-state index in [2.05, 4.69) is 25.6 Å². The molecule has 6 heteroatoms. The summed E-state index contributed by atoms with van der Waals surface area (Å²) in [5.74, 6) is 0.343. The van der Waals surface area contributed by atoms with Crippen LogP contribution in [0.5, 0.6) is 0 Å². The molecule has 0 bridgehead atoms. The quantitative estimate of drug-likeness (QED) is 0.914. The van der Waals surface area contributed by atoms with Crippen molar-refractivity contribution in [3.8, 4) is 0 Å². The summed E-state index contributed by atoms with van der Waals surface area (Å²) in [7, 11) is -3.41. The molecule has 0 aliphatic rings. The van der Waals surface area contributed by atoms with E-state index in [-0.39, 0.29) is 0 Å². The van der Waals surface area contributed by atoms with Crippen molar-refractivity contribution in [2.45, 2.75) is 32.4 Å². The standard InChI is InChI=1S/C10H15BrN2O2S/c1-7-8(11)5-6-9(12-7)13-16(14,15)10(2,3)4/h5-6H,1-4H3,(H,12,13). The fraction of sp³-hybridized carbons (Fsp3) is 0.500. The number of rotatable bonds is 2. The first-order valence-corrected chi connectivity index (χ1v) is 7.06. The fourth-order valence-electron chi connectivity index (χ4n) is 0.892. The average molecular weight is 307 g/mol. The van der Waals surface area contributed by atoms with Crippen LogP contribution in [0.25, 0.3) is 0 Å². The lowest BCUT2D eigenvalue weighted by Gasteiger charge is -2.20. The number of sulfonamides is 1. The van der Waals surface area contributed by atoms with E-state index in [9.17, 15) is 8.42 Å². The molecule has 0 atom stereocenters. The Balaban J connectivity index is 3.03. The molecule has 90 valence electrons. The smallest absolute Gasteiger partial charge is 0.238 e. The van der Waals surface area contributed by atoms with Crippen molar-refractivity contribution in [2.24, 2.45) is 0 Å². The Morgan fingerprint density at radius 2 is 1.88 bits per heavy atom. The largest absolute Gasteiger partial charge is 0.267 e. The van der Waals surface area contributed by atoms with Gasteiger partial charge >= 0.3 is 0 Å². The van der Waals surface area contributed by atoms with Gasteiger partial charge < -0.3 is 0 Å². The fourth-order valence-corrected chi connectivity index (χ4v) is 1.81. The molecule has 0 unspecified atom stereocenters. The molecule has 1 aromatic heterocycles. The van der Waals surface area contributed by atoms with E-state index in [0.29, 0.717) is 5.82 Å². The molecule has 0 aromatic carbocycles. The van der Waals surface area contributed by atoms with Crippen molar-refractivity contribution in [2.75, 3.05) is 4.72 Å². The Bertz CT molecular complexity index is 492. The monoisotopic (exact) mass is 306 g/mol. The predicted octanol–water partition coefficient (Wildman–Crippen LogP) is 2.69. The summed E-state index contributed by atoms with van der Waals surface area (Å²) in [4.78, 5) is 4.13. The van der Waals surface area contributed by atoms with Crippen LogP contribution in [0.4, 0.5) is 5.82 Å². The molecule has 16 heavy (non-hydrogen) atoms. The van der Waals surface area contributed by atoms with E-state index in [0.717, 1.165) is 10.2 Å². The molecule has 4 nitrogen and oxygen atoms in total. The minimum atomic E-state index is -3.41. The van der Waals surface area contributed by atoms with Gasteiger partial charge in [0.15, 0.2) is 0 Å². The van der Waals surface area contributed by atoms with Crippen molar-refractivity contribution >= 4 is 31.8 Å². The van der Waals surface area contributed by atoms with Gasteiger partial charge in [0.25, 0.3) is 0 Å². The van der Waals surface area contributed by atoms with Gasteiger partial charge in [0.05, 0.1) is 10.4 Å². The van der Waals surface area contributed by atoms with Gasteiger partial charge in [0.2, 0.25) is 10.0 Å². The maximum atomic E-state index is 11.9. The predicted molar refractivity (Wildman–Crippen MR) is 69.0 cm³/mol. The number of hydrogen-bond donors (Lipinski definition) is 1. The van der Waals surface area contributed by atoms with Crippen LogP contribution in [-0.2, 0) is 10.0 Å². The summed E-state index contributed by atoms with van der Waals surface area (Å²) >= 11 is 3.31. The van der Waals surface area contributed by atoms with Gasteiger partial charge in [-0.1, -0.05) is 0 Å². The van der Waals surface area contributed by atoms with E-state index in [1.165, 1.54) is 0 Å². The van der Waals surface area contributed by atoms with Gasteiger partial charge in [-0.15, -0.1) is 0 Å².